The number of urea groups is 1. The van der Waals surface area contributed by atoms with Crippen LogP contribution in [0.1, 0.15) is 24.0 Å². The summed E-state index contributed by atoms with van der Waals surface area (Å²) in [5.41, 5.74) is 2.31. The highest BCUT2D eigenvalue weighted by Crippen LogP contribution is 2.18. The Kier molecular flexibility index (Phi) is 3.25. The van der Waals surface area contributed by atoms with Gasteiger partial charge >= 0.3 is 6.03 Å². The molecule has 0 unspecified atom stereocenters. The van der Waals surface area contributed by atoms with Gasteiger partial charge in [0.1, 0.15) is 0 Å². The highest BCUT2D eigenvalue weighted by molar-refractivity contribution is 5.76. The van der Waals surface area contributed by atoms with Gasteiger partial charge in [0.15, 0.2) is 0 Å². The number of rotatable bonds is 3. The van der Waals surface area contributed by atoms with Gasteiger partial charge in [0, 0.05) is 12.2 Å². The lowest BCUT2D eigenvalue weighted by Crippen LogP contribution is -2.33. The molecule has 3 nitrogen and oxygen atoms in total. The molecule has 0 aliphatic heterocycles. The van der Waals surface area contributed by atoms with E-state index in [2.05, 4.69) is 17.6 Å². The molecule has 0 radical (unpaired) electrons. The highest BCUT2D eigenvalue weighted by Gasteiger charge is 2.22. The normalized spacial score (nSPS) is 15.1. The van der Waals surface area contributed by atoms with Gasteiger partial charge in [-0.1, -0.05) is 29.8 Å². The molecule has 1 fully saturated rings. The maximum Gasteiger partial charge on any atom is 0.318 e. The molecule has 0 saturated heterocycles. The lowest BCUT2D eigenvalue weighted by molar-refractivity contribution is 0.244. The third-order valence-corrected chi connectivity index (χ3v) is 2.48. The first-order valence-electron chi connectivity index (χ1n) is 5.54. The Morgan fingerprint density at radius 1 is 1.31 bits per heavy atom. The Labute approximate surface area is 95.6 Å². The summed E-state index contributed by atoms with van der Waals surface area (Å²) in [6.45, 7) is 2.05. The molecule has 1 aromatic rings. The van der Waals surface area contributed by atoms with E-state index in [4.69, 9.17) is 0 Å². The van der Waals surface area contributed by atoms with Gasteiger partial charge < -0.3 is 10.6 Å². The SMILES string of the molecule is Cc1ccc(/C=C/NC(=O)NC2CC2)cc1. The lowest BCUT2D eigenvalue weighted by atomic mass is 10.1. The number of nitrogens with one attached hydrogen (secondary N) is 2. The van der Waals surface area contributed by atoms with E-state index < -0.39 is 0 Å². The number of carbonyl (C=O) groups is 1. The Morgan fingerprint density at radius 2 is 2.00 bits per heavy atom. The van der Waals surface area contributed by atoms with Crippen LogP contribution < -0.4 is 10.6 Å². The predicted molar refractivity (Wildman–Crippen MR) is 64.9 cm³/mol. The van der Waals surface area contributed by atoms with Crippen LogP contribution in [-0.2, 0) is 0 Å². The number of benzene rings is 1. The van der Waals surface area contributed by atoms with Crippen molar-refractivity contribution in [1.29, 1.82) is 0 Å². The van der Waals surface area contributed by atoms with Crippen LogP contribution in [0.2, 0.25) is 0 Å². The molecule has 2 amide bonds. The zero-order valence-corrected chi connectivity index (χ0v) is 9.36. The molecule has 0 bridgehead atoms. The quantitative estimate of drug-likeness (QED) is 0.800. The summed E-state index contributed by atoms with van der Waals surface area (Å²) in [6.07, 6.45) is 5.76. The minimum absolute atomic E-state index is 0.120. The molecular formula is C13H16N2O. The average molecular weight is 216 g/mol. The first kappa shape index (κ1) is 10.7. The van der Waals surface area contributed by atoms with Crippen LogP contribution in [-0.4, -0.2) is 12.1 Å². The van der Waals surface area contributed by atoms with E-state index in [1.54, 1.807) is 6.20 Å². The van der Waals surface area contributed by atoms with Crippen LogP contribution in [0.4, 0.5) is 4.79 Å². The van der Waals surface area contributed by atoms with Crippen LogP contribution in [0.15, 0.2) is 30.5 Å². The van der Waals surface area contributed by atoms with Crippen molar-refractivity contribution in [3.05, 3.63) is 41.6 Å². The topological polar surface area (TPSA) is 41.1 Å². The summed E-state index contributed by atoms with van der Waals surface area (Å²) in [7, 11) is 0. The molecular weight excluding hydrogens is 200 g/mol. The van der Waals surface area contributed by atoms with Gasteiger partial charge in [-0.2, -0.15) is 0 Å². The smallest absolute Gasteiger partial charge is 0.318 e. The summed E-state index contributed by atoms with van der Waals surface area (Å²) in [5.74, 6) is 0. The van der Waals surface area contributed by atoms with Crippen molar-refractivity contribution in [3.8, 4) is 0 Å². The van der Waals surface area contributed by atoms with Gasteiger partial charge in [-0.05, 0) is 31.4 Å². The Morgan fingerprint density at radius 3 is 2.62 bits per heavy atom. The minimum Gasteiger partial charge on any atom is -0.335 e. The number of amides is 2. The second kappa shape index (κ2) is 4.84. The van der Waals surface area contributed by atoms with Crippen molar-refractivity contribution in [1.82, 2.24) is 10.6 Å². The van der Waals surface area contributed by atoms with E-state index in [1.165, 1.54) is 5.56 Å². The molecule has 1 saturated carbocycles. The Balaban J connectivity index is 1.79. The Hall–Kier alpha value is -1.77. The summed E-state index contributed by atoms with van der Waals surface area (Å²) >= 11 is 0. The molecule has 0 atom stereocenters. The van der Waals surface area contributed by atoms with E-state index in [-0.39, 0.29) is 6.03 Å². The fourth-order valence-corrected chi connectivity index (χ4v) is 1.35. The number of carbonyl (C=O) groups excluding carboxylic acids is 1. The van der Waals surface area contributed by atoms with Gasteiger partial charge in [-0.3, -0.25) is 0 Å². The van der Waals surface area contributed by atoms with Crippen LogP contribution in [0.5, 0.6) is 0 Å². The summed E-state index contributed by atoms with van der Waals surface area (Å²) in [5, 5.41) is 5.53. The van der Waals surface area contributed by atoms with E-state index in [0.29, 0.717) is 6.04 Å². The van der Waals surface area contributed by atoms with Gasteiger partial charge in [0.05, 0.1) is 0 Å². The van der Waals surface area contributed by atoms with E-state index in [9.17, 15) is 4.79 Å². The lowest BCUT2D eigenvalue weighted by Gasteiger charge is -2.01. The number of hydrogen-bond donors (Lipinski definition) is 2. The van der Waals surface area contributed by atoms with Crippen molar-refractivity contribution in [2.75, 3.05) is 0 Å². The van der Waals surface area contributed by atoms with Crippen molar-refractivity contribution < 1.29 is 4.79 Å². The molecule has 1 aliphatic carbocycles. The fourth-order valence-electron chi connectivity index (χ4n) is 1.35. The number of hydrogen-bond acceptors (Lipinski definition) is 1. The van der Waals surface area contributed by atoms with Crippen LogP contribution in [0.25, 0.3) is 6.08 Å². The zero-order valence-electron chi connectivity index (χ0n) is 9.36. The van der Waals surface area contributed by atoms with Gasteiger partial charge in [0.25, 0.3) is 0 Å². The third-order valence-electron chi connectivity index (χ3n) is 2.48. The highest BCUT2D eigenvalue weighted by atomic mass is 16.2. The maximum atomic E-state index is 11.3. The van der Waals surface area contributed by atoms with Crippen molar-refractivity contribution >= 4 is 12.1 Å². The monoisotopic (exact) mass is 216 g/mol. The van der Waals surface area contributed by atoms with E-state index in [0.717, 1.165) is 18.4 Å². The van der Waals surface area contributed by atoms with Crippen LogP contribution in [0.3, 0.4) is 0 Å². The van der Waals surface area contributed by atoms with Crippen molar-refractivity contribution in [2.24, 2.45) is 0 Å². The first-order valence-corrected chi connectivity index (χ1v) is 5.54. The van der Waals surface area contributed by atoms with E-state index >= 15 is 0 Å². The van der Waals surface area contributed by atoms with Crippen molar-refractivity contribution in [3.63, 3.8) is 0 Å². The van der Waals surface area contributed by atoms with E-state index in [1.807, 2.05) is 30.3 Å². The molecule has 84 valence electrons. The summed E-state index contributed by atoms with van der Waals surface area (Å²) in [4.78, 5) is 11.3. The molecule has 3 heteroatoms. The second-order valence-corrected chi connectivity index (χ2v) is 4.14. The standard InChI is InChI=1S/C13H16N2O/c1-10-2-4-11(5-3-10)8-9-14-13(16)15-12-6-7-12/h2-5,8-9,12H,6-7H2,1H3,(H2,14,15,16)/b9-8+. The zero-order chi connectivity index (χ0) is 11.4. The second-order valence-electron chi connectivity index (χ2n) is 4.14. The predicted octanol–water partition coefficient (Wildman–Crippen LogP) is 2.43. The maximum absolute atomic E-state index is 11.3. The molecule has 1 aromatic carbocycles. The van der Waals surface area contributed by atoms with Gasteiger partial charge in [-0.25, -0.2) is 4.79 Å². The van der Waals surface area contributed by atoms with Gasteiger partial charge in [-0.15, -0.1) is 0 Å². The Bertz CT molecular complexity index is 391. The molecule has 2 rings (SSSR count). The van der Waals surface area contributed by atoms with Crippen LogP contribution >= 0.6 is 0 Å². The molecule has 2 N–H and O–H groups in total. The summed E-state index contributed by atoms with van der Waals surface area (Å²) < 4.78 is 0. The number of aryl methyl sites for hydroxylation is 1. The molecule has 0 heterocycles. The molecule has 0 spiro atoms. The first-order chi connectivity index (χ1) is 7.74. The van der Waals surface area contributed by atoms with Gasteiger partial charge in [0.2, 0.25) is 0 Å². The largest absolute Gasteiger partial charge is 0.335 e. The minimum atomic E-state index is -0.120. The summed E-state index contributed by atoms with van der Waals surface area (Å²) in [6, 6.07) is 8.41. The van der Waals surface area contributed by atoms with Crippen molar-refractivity contribution in [2.45, 2.75) is 25.8 Å². The third kappa shape index (κ3) is 3.42. The molecule has 1 aliphatic rings. The van der Waals surface area contributed by atoms with Crippen LogP contribution in [0, 0.1) is 6.92 Å². The fraction of sp³-hybridized carbons (Fsp3) is 0.308. The molecule has 0 aromatic heterocycles. The average Bonchev–Trinajstić information content (AvgIpc) is 3.05. The molecule has 16 heavy (non-hydrogen) atoms.